The first-order valence-corrected chi connectivity index (χ1v) is 14.5. The second kappa shape index (κ2) is 12.6. The highest BCUT2D eigenvalue weighted by atomic mass is 35.5. The summed E-state index contributed by atoms with van der Waals surface area (Å²) in [4.78, 5) is 47.9. The van der Waals surface area contributed by atoms with E-state index in [9.17, 15) is 19.7 Å². The predicted molar refractivity (Wildman–Crippen MR) is 161 cm³/mol. The zero-order valence-electron chi connectivity index (χ0n) is 23.4. The molecule has 1 fully saturated rings. The molecule has 2 aliphatic rings. The number of halogens is 1. The van der Waals surface area contributed by atoms with E-state index in [-0.39, 0.29) is 30.0 Å². The quantitative estimate of drug-likeness (QED) is 0.165. The number of allylic oxidation sites excluding steroid dienone is 1. The van der Waals surface area contributed by atoms with E-state index in [1.54, 1.807) is 49.4 Å². The maximum atomic E-state index is 13.9. The van der Waals surface area contributed by atoms with E-state index >= 15 is 0 Å². The van der Waals surface area contributed by atoms with E-state index < -0.39 is 16.9 Å². The molecule has 0 amide bonds. The number of thiazole rings is 1. The van der Waals surface area contributed by atoms with Crippen LogP contribution in [0.4, 0.5) is 11.4 Å². The van der Waals surface area contributed by atoms with E-state index in [4.69, 9.17) is 21.1 Å². The monoisotopic (exact) mass is 611 g/mol. The number of nitrogens with zero attached hydrogens (tertiary/aromatic N) is 5. The van der Waals surface area contributed by atoms with Crippen LogP contribution < -0.4 is 19.8 Å². The fourth-order valence-electron chi connectivity index (χ4n) is 5.08. The third-order valence-electron chi connectivity index (χ3n) is 7.29. The largest absolute Gasteiger partial charge is 0.460 e. The molecule has 220 valence electrons. The van der Waals surface area contributed by atoms with Gasteiger partial charge in [-0.3, -0.25) is 19.5 Å². The highest BCUT2D eigenvalue weighted by molar-refractivity contribution is 7.07. The Kier molecular flexibility index (Phi) is 8.88. The van der Waals surface area contributed by atoms with Crippen LogP contribution in [-0.2, 0) is 14.3 Å². The molecule has 2 aromatic carbocycles. The van der Waals surface area contributed by atoms with Gasteiger partial charge in [0.2, 0.25) is 0 Å². The number of benzene rings is 2. The second-order valence-corrected chi connectivity index (χ2v) is 11.5. The standard InChI is InChI=1S/C29H30ClN5O6S/c1-18-25(28(37)41-15-14-40-3)26(20-5-7-21(30)8-6-20)34-27(36)24(42-29(34)31-18)17-19-4-9-22(23(16-19)35(38)39)33-12-10-32(2)11-13-33/h4-9,16-17,26H,10-15H2,1-3H3. The Morgan fingerprint density at radius 3 is 2.55 bits per heavy atom. The van der Waals surface area contributed by atoms with E-state index in [1.807, 2.05) is 11.9 Å². The van der Waals surface area contributed by atoms with Gasteiger partial charge in [0.05, 0.1) is 33.4 Å². The number of ether oxygens (including phenoxy) is 2. The molecule has 0 N–H and O–H groups in total. The van der Waals surface area contributed by atoms with Crippen molar-refractivity contribution < 1.29 is 19.2 Å². The molecule has 1 aromatic heterocycles. The van der Waals surface area contributed by atoms with Crippen molar-refractivity contribution in [2.45, 2.75) is 13.0 Å². The SMILES string of the molecule is COCCOC(=O)C1=C(C)N=c2sc(=Cc3ccc(N4CCN(C)CC4)c([N+](=O)[O-])c3)c(=O)n2C1c1ccc(Cl)cc1. The van der Waals surface area contributed by atoms with Gasteiger partial charge in [-0.15, -0.1) is 0 Å². The molecule has 0 aliphatic carbocycles. The minimum absolute atomic E-state index is 0.0166. The zero-order chi connectivity index (χ0) is 30.0. The van der Waals surface area contributed by atoms with E-state index in [1.165, 1.54) is 17.7 Å². The van der Waals surface area contributed by atoms with Crippen LogP contribution >= 0.6 is 22.9 Å². The van der Waals surface area contributed by atoms with Crippen LogP contribution in [0.25, 0.3) is 6.08 Å². The molecule has 0 radical (unpaired) electrons. The average molecular weight is 612 g/mol. The Morgan fingerprint density at radius 2 is 1.88 bits per heavy atom. The Hall–Kier alpha value is -3.84. The Labute approximate surface area is 250 Å². The van der Waals surface area contributed by atoms with Crippen LogP contribution in [0.5, 0.6) is 0 Å². The smallest absolute Gasteiger partial charge is 0.338 e. The summed E-state index contributed by atoms with van der Waals surface area (Å²) < 4.78 is 12.2. The fraction of sp³-hybridized carbons (Fsp3) is 0.345. The number of nitro groups is 1. The molecule has 42 heavy (non-hydrogen) atoms. The number of anilines is 1. The first kappa shape index (κ1) is 29.6. The molecule has 5 rings (SSSR count). The lowest BCUT2D eigenvalue weighted by molar-refractivity contribution is -0.384. The van der Waals surface area contributed by atoms with Crippen molar-refractivity contribution in [2.24, 2.45) is 4.99 Å². The zero-order valence-corrected chi connectivity index (χ0v) is 25.0. The second-order valence-electron chi connectivity index (χ2n) is 10.1. The molecule has 0 saturated carbocycles. The van der Waals surface area contributed by atoms with Crippen molar-refractivity contribution in [3.05, 3.63) is 99.7 Å². The summed E-state index contributed by atoms with van der Waals surface area (Å²) in [6.45, 7) is 4.99. The molecular formula is C29H30ClN5O6S. The van der Waals surface area contributed by atoms with Gasteiger partial charge in [0, 0.05) is 44.4 Å². The van der Waals surface area contributed by atoms with Crippen LogP contribution in [0.15, 0.2) is 63.5 Å². The topological polar surface area (TPSA) is 120 Å². The van der Waals surface area contributed by atoms with Crippen LogP contribution in [0.2, 0.25) is 5.02 Å². The Balaban J connectivity index is 1.59. The number of carbonyl (C=O) groups excluding carboxylic acids is 1. The normalized spacial score (nSPS) is 17.7. The highest BCUT2D eigenvalue weighted by Gasteiger charge is 2.33. The van der Waals surface area contributed by atoms with Crippen LogP contribution in [0.3, 0.4) is 0 Å². The van der Waals surface area contributed by atoms with Gasteiger partial charge in [0.15, 0.2) is 4.80 Å². The molecule has 1 unspecified atom stereocenters. The molecule has 3 heterocycles. The lowest BCUT2D eigenvalue weighted by atomic mass is 9.96. The first-order chi connectivity index (χ1) is 20.2. The van der Waals surface area contributed by atoms with Crippen molar-refractivity contribution in [1.82, 2.24) is 9.47 Å². The van der Waals surface area contributed by atoms with Gasteiger partial charge < -0.3 is 19.3 Å². The van der Waals surface area contributed by atoms with Gasteiger partial charge in [-0.05, 0) is 49.4 Å². The van der Waals surface area contributed by atoms with Crippen molar-refractivity contribution in [3.8, 4) is 0 Å². The molecule has 3 aromatic rings. The minimum atomic E-state index is -0.801. The third-order valence-corrected chi connectivity index (χ3v) is 8.52. The number of methoxy groups -OCH3 is 1. The number of likely N-dealkylation sites (N-methyl/N-ethyl adjacent to an activating group) is 1. The Morgan fingerprint density at radius 1 is 1.17 bits per heavy atom. The van der Waals surface area contributed by atoms with E-state index in [0.717, 1.165) is 24.4 Å². The number of nitro benzene ring substituents is 1. The molecular weight excluding hydrogens is 582 g/mol. The number of carbonyl (C=O) groups is 1. The first-order valence-electron chi connectivity index (χ1n) is 13.3. The summed E-state index contributed by atoms with van der Waals surface area (Å²) in [6, 6.07) is 11.1. The van der Waals surface area contributed by atoms with Gasteiger partial charge in [0.25, 0.3) is 11.2 Å². The van der Waals surface area contributed by atoms with Crippen molar-refractivity contribution in [2.75, 3.05) is 58.5 Å². The third kappa shape index (κ3) is 6.02. The van der Waals surface area contributed by atoms with Crippen LogP contribution in [-0.4, -0.2) is 73.9 Å². The summed E-state index contributed by atoms with van der Waals surface area (Å²) >= 11 is 7.28. The minimum Gasteiger partial charge on any atom is -0.460 e. The van der Waals surface area contributed by atoms with Gasteiger partial charge >= 0.3 is 5.97 Å². The number of aromatic nitrogens is 1. The summed E-state index contributed by atoms with van der Waals surface area (Å²) in [6.07, 6.45) is 1.62. The van der Waals surface area contributed by atoms with Gasteiger partial charge in [-0.25, -0.2) is 9.79 Å². The molecule has 13 heteroatoms. The van der Waals surface area contributed by atoms with Crippen molar-refractivity contribution in [1.29, 1.82) is 0 Å². The summed E-state index contributed by atoms with van der Waals surface area (Å²) in [5, 5.41) is 12.5. The van der Waals surface area contributed by atoms with E-state index in [0.29, 0.717) is 50.0 Å². The lowest BCUT2D eigenvalue weighted by Gasteiger charge is -2.33. The van der Waals surface area contributed by atoms with Gasteiger partial charge in [-0.1, -0.05) is 41.1 Å². The Bertz CT molecular complexity index is 1720. The van der Waals surface area contributed by atoms with E-state index in [2.05, 4.69) is 9.89 Å². The molecule has 0 spiro atoms. The van der Waals surface area contributed by atoms with Crippen molar-refractivity contribution >= 4 is 46.4 Å². The highest BCUT2D eigenvalue weighted by Crippen LogP contribution is 2.32. The van der Waals surface area contributed by atoms with Gasteiger partial charge in [0.1, 0.15) is 12.3 Å². The van der Waals surface area contributed by atoms with Gasteiger partial charge in [-0.2, -0.15) is 0 Å². The number of esters is 1. The van der Waals surface area contributed by atoms with Crippen molar-refractivity contribution in [3.63, 3.8) is 0 Å². The number of hydrogen-bond acceptors (Lipinski definition) is 10. The summed E-state index contributed by atoms with van der Waals surface area (Å²) in [7, 11) is 3.53. The number of fused-ring (bicyclic) bond motifs is 1. The summed E-state index contributed by atoms with van der Waals surface area (Å²) in [5.41, 5.74) is 2.00. The van der Waals surface area contributed by atoms with Crippen LogP contribution in [0.1, 0.15) is 24.1 Å². The molecule has 11 nitrogen and oxygen atoms in total. The fourth-order valence-corrected chi connectivity index (χ4v) is 6.25. The predicted octanol–water partition coefficient (Wildman–Crippen LogP) is 2.74. The maximum absolute atomic E-state index is 13.9. The number of piperazine rings is 1. The number of hydrogen-bond donors (Lipinski definition) is 0. The molecule has 1 atom stereocenters. The maximum Gasteiger partial charge on any atom is 0.338 e. The molecule has 2 aliphatic heterocycles. The molecule has 1 saturated heterocycles. The number of rotatable bonds is 8. The van der Waals surface area contributed by atoms with Crippen LogP contribution in [0, 0.1) is 10.1 Å². The summed E-state index contributed by atoms with van der Waals surface area (Å²) in [5.74, 6) is -0.599. The molecule has 0 bridgehead atoms. The average Bonchev–Trinajstić information content (AvgIpc) is 3.27. The lowest BCUT2D eigenvalue weighted by Crippen LogP contribution is -2.44.